The number of piperidine rings is 3. The maximum absolute atomic E-state index is 14.1. The van der Waals surface area contributed by atoms with Gasteiger partial charge in [0.05, 0.1) is 0 Å². The Morgan fingerprint density at radius 2 is 1.53 bits per heavy atom. The molecule has 5 amide bonds. The molecule has 0 saturated carbocycles. The van der Waals surface area contributed by atoms with E-state index in [1.165, 1.54) is 37.1 Å². The standard InChI is InChI=1S/C38H54N6O3/c1-4-29-10-9-28(25-27(29)2)26-35(36(45)42-20-13-31(14-21-42)30-11-18-41(3)19-12-30)40-37(46)43-22-16-33(17-23-43)44-24-15-32-7-5-6-8-34(32)39-38(44)47/h5-10,25,30-31,33,35H,4,11-24,26H2,1-3H3,(H,39,47)(H,40,46)/t35-/m1/s1. The molecule has 9 nitrogen and oxygen atoms in total. The lowest BCUT2D eigenvalue weighted by atomic mass is 9.79. The van der Waals surface area contributed by atoms with Gasteiger partial charge in [-0.25, -0.2) is 9.59 Å². The molecule has 6 rings (SSSR count). The van der Waals surface area contributed by atoms with Crippen LogP contribution in [0.15, 0.2) is 42.5 Å². The lowest BCUT2D eigenvalue weighted by Crippen LogP contribution is -2.57. The number of hydrogen-bond donors (Lipinski definition) is 2. The minimum atomic E-state index is -0.609. The van der Waals surface area contributed by atoms with Crippen molar-refractivity contribution < 1.29 is 14.4 Å². The third-order valence-corrected chi connectivity index (χ3v) is 11.4. The molecule has 3 saturated heterocycles. The van der Waals surface area contributed by atoms with Gasteiger partial charge in [-0.1, -0.05) is 43.3 Å². The van der Waals surface area contributed by atoms with Crippen LogP contribution in [0.3, 0.4) is 0 Å². The molecule has 0 aliphatic carbocycles. The topological polar surface area (TPSA) is 88.2 Å². The van der Waals surface area contributed by atoms with Crippen molar-refractivity contribution in [2.75, 3.05) is 58.2 Å². The number of fused-ring (bicyclic) bond motifs is 1. The largest absolute Gasteiger partial charge is 0.341 e. The van der Waals surface area contributed by atoms with Crippen molar-refractivity contribution >= 4 is 23.7 Å². The van der Waals surface area contributed by atoms with Crippen molar-refractivity contribution in [3.63, 3.8) is 0 Å². The van der Waals surface area contributed by atoms with Crippen LogP contribution in [0.1, 0.15) is 67.7 Å². The summed E-state index contributed by atoms with van der Waals surface area (Å²) in [6.45, 7) is 9.94. The van der Waals surface area contributed by atoms with E-state index in [0.717, 1.165) is 74.3 Å². The van der Waals surface area contributed by atoms with E-state index in [-0.39, 0.29) is 24.0 Å². The van der Waals surface area contributed by atoms with E-state index >= 15 is 0 Å². The smallest absolute Gasteiger partial charge is 0.322 e. The Hall–Kier alpha value is -3.59. The van der Waals surface area contributed by atoms with Crippen molar-refractivity contribution in [3.05, 3.63) is 64.7 Å². The number of hydrogen-bond acceptors (Lipinski definition) is 4. The second-order valence-corrected chi connectivity index (χ2v) is 14.4. The average Bonchev–Trinajstić information content (AvgIpc) is 3.26. The fraction of sp³-hybridized carbons (Fsp3) is 0.605. The minimum absolute atomic E-state index is 0.0353. The summed E-state index contributed by atoms with van der Waals surface area (Å²) in [5.41, 5.74) is 5.65. The summed E-state index contributed by atoms with van der Waals surface area (Å²) in [5.74, 6) is 1.48. The first-order chi connectivity index (χ1) is 22.8. The predicted octanol–water partition coefficient (Wildman–Crippen LogP) is 5.31. The Balaban J connectivity index is 1.07. The Labute approximate surface area is 281 Å². The van der Waals surface area contributed by atoms with Crippen molar-refractivity contribution in [2.24, 2.45) is 11.8 Å². The number of para-hydroxylation sites is 1. The number of urea groups is 2. The molecule has 9 heteroatoms. The van der Waals surface area contributed by atoms with Gasteiger partial charge in [0.15, 0.2) is 0 Å². The third kappa shape index (κ3) is 7.94. The van der Waals surface area contributed by atoms with Gasteiger partial charge in [0.2, 0.25) is 5.91 Å². The molecule has 4 aliphatic rings. The van der Waals surface area contributed by atoms with Gasteiger partial charge in [0.1, 0.15) is 6.04 Å². The van der Waals surface area contributed by atoms with Gasteiger partial charge in [-0.2, -0.15) is 0 Å². The van der Waals surface area contributed by atoms with Crippen molar-refractivity contribution in [1.29, 1.82) is 0 Å². The number of amides is 5. The molecule has 0 unspecified atom stereocenters. The van der Waals surface area contributed by atoms with E-state index < -0.39 is 6.04 Å². The molecule has 0 spiro atoms. The van der Waals surface area contributed by atoms with Gasteiger partial charge in [0, 0.05) is 50.9 Å². The molecule has 0 radical (unpaired) electrons. The number of aryl methyl sites for hydroxylation is 2. The summed E-state index contributed by atoms with van der Waals surface area (Å²) in [4.78, 5) is 49.2. The maximum atomic E-state index is 14.1. The van der Waals surface area contributed by atoms with Crippen LogP contribution < -0.4 is 10.6 Å². The summed E-state index contributed by atoms with van der Waals surface area (Å²) >= 11 is 0. The van der Waals surface area contributed by atoms with Crippen LogP contribution in [0.25, 0.3) is 0 Å². The van der Waals surface area contributed by atoms with Crippen LogP contribution in [0.5, 0.6) is 0 Å². The van der Waals surface area contributed by atoms with Gasteiger partial charge in [-0.3, -0.25) is 4.79 Å². The molecular formula is C38H54N6O3. The first-order valence-corrected chi connectivity index (χ1v) is 18.1. The number of nitrogens with one attached hydrogen (secondary N) is 2. The lowest BCUT2D eigenvalue weighted by Gasteiger charge is -2.41. The monoisotopic (exact) mass is 642 g/mol. The predicted molar refractivity (Wildman–Crippen MR) is 187 cm³/mol. The zero-order valence-corrected chi connectivity index (χ0v) is 28.7. The molecule has 254 valence electrons. The molecule has 1 atom stereocenters. The molecule has 47 heavy (non-hydrogen) atoms. The van der Waals surface area contributed by atoms with Gasteiger partial charge < -0.3 is 30.2 Å². The first-order valence-electron chi connectivity index (χ1n) is 18.1. The quantitative estimate of drug-likeness (QED) is 0.429. The van der Waals surface area contributed by atoms with Crippen molar-refractivity contribution in [2.45, 2.75) is 83.7 Å². The van der Waals surface area contributed by atoms with Gasteiger partial charge in [-0.05, 0) is 119 Å². The van der Waals surface area contributed by atoms with Crippen LogP contribution in [-0.2, 0) is 24.1 Å². The molecule has 4 heterocycles. The summed E-state index contributed by atoms with van der Waals surface area (Å²) in [7, 11) is 2.21. The van der Waals surface area contributed by atoms with E-state index in [2.05, 4.69) is 60.7 Å². The van der Waals surface area contributed by atoms with Crippen LogP contribution in [0.2, 0.25) is 0 Å². The van der Waals surface area contributed by atoms with Crippen LogP contribution >= 0.6 is 0 Å². The summed E-state index contributed by atoms with van der Waals surface area (Å²) in [6.07, 6.45) is 8.32. The minimum Gasteiger partial charge on any atom is -0.341 e. The van der Waals surface area contributed by atoms with Crippen molar-refractivity contribution in [1.82, 2.24) is 24.9 Å². The molecule has 0 bridgehead atoms. The SMILES string of the molecule is CCc1ccc(C[C@@H](NC(=O)N2CCC(N3CCc4ccccc4NC3=O)CC2)C(=O)N2CCC(C3CCN(C)CC3)CC2)cc1C. The highest BCUT2D eigenvalue weighted by molar-refractivity contribution is 5.91. The molecule has 2 aromatic rings. The van der Waals surface area contributed by atoms with E-state index in [0.29, 0.717) is 32.0 Å². The Kier molecular flexibility index (Phi) is 10.7. The van der Waals surface area contributed by atoms with Gasteiger partial charge in [-0.15, -0.1) is 0 Å². The first kappa shape index (κ1) is 33.3. The number of carbonyl (C=O) groups is 3. The zero-order chi connectivity index (χ0) is 32.9. The fourth-order valence-electron chi connectivity index (χ4n) is 8.39. The Bertz CT molecular complexity index is 1410. The molecule has 2 aromatic carbocycles. The van der Waals surface area contributed by atoms with Gasteiger partial charge in [0.25, 0.3) is 0 Å². The normalized spacial score (nSPS) is 21.2. The number of anilines is 1. The average molecular weight is 643 g/mol. The highest BCUT2D eigenvalue weighted by Crippen LogP contribution is 2.32. The zero-order valence-electron chi connectivity index (χ0n) is 28.7. The molecule has 2 N–H and O–H groups in total. The van der Waals surface area contributed by atoms with E-state index in [1.54, 1.807) is 0 Å². The third-order valence-electron chi connectivity index (χ3n) is 11.4. The molecular weight excluding hydrogens is 588 g/mol. The van der Waals surface area contributed by atoms with Crippen LogP contribution in [0, 0.1) is 18.8 Å². The second kappa shape index (κ2) is 15.1. The number of benzene rings is 2. The second-order valence-electron chi connectivity index (χ2n) is 14.4. The number of rotatable bonds is 7. The summed E-state index contributed by atoms with van der Waals surface area (Å²) in [6, 6.07) is 13.7. The van der Waals surface area contributed by atoms with Crippen LogP contribution in [0.4, 0.5) is 15.3 Å². The Morgan fingerprint density at radius 1 is 0.872 bits per heavy atom. The van der Waals surface area contributed by atoms with Crippen molar-refractivity contribution in [3.8, 4) is 0 Å². The number of likely N-dealkylation sites (tertiary alicyclic amines) is 3. The lowest BCUT2D eigenvalue weighted by molar-refractivity contribution is -0.135. The highest BCUT2D eigenvalue weighted by atomic mass is 16.2. The van der Waals surface area contributed by atoms with Gasteiger partial charge >= 0.3 is 12.1 Å². The maximum Gasteiger partial charge on any atom is 0.322 e. The molecule has 3 fully saturated rings. The van der Waals surface area contributed by atoms with Crippen LogP contribution in [-0.4, -0.2) is 103 Å². The van der Waals surface area contributed by atoms with E-state index in [4.69, 9.17) is 0 Å². The van der Waals surface area contributed by atoms with E-state index in [9.17, 15) is 14.4 Å². The Morgan fingerprint density at radius 3 is 2.21 bits per heavy atom. The molecule has 0 aromatic heterocycles. The summed E-state index contributed by atoms with van der Waals surface area (Å²) < 4.78 is 0. The van der Waals surface area contributed by atoms with E-state index in [1.807, 2.05) is 32.9 Å². The molecule has 4 aliphatic heterocycles. The number of nitrogens with zero attached hydrogens (tertiary/aromatic N) is 4. The summed E-state index contributed by atoms with van der Waals surface area (Å²) in [5, 5.41) is 6.26. The fourth-order valence-corrected chi connectivity index (χ4v) is 8.39. The number of carbonyl (C=O) groups excluding carboxylic acids is 3. The highest BCUT2D eigenvalue weighted by Gasteiger charge is 2.35.